The van der Waals surface area contributed by atoms with E-state index < -0.39 is 0 Å². The van der Waals surface area contributed by atoms with E-state index in [1.165, 1.54) is 0 Å². The molecule has 0 aromatic heterocycles. The first-order chi connectivity index (χ1) is 10.7. The van der Waals surface area contributed by atoms with Gasteiger partial charge in [-0.05, 0) is 44.0 Å². The standard InChI is InChI=1S/C16H23N3O3/c1-2-18-16(21)12-5-7-13(8-6-12)19-15(20)11-17-10-14-4-3-9-22-14/h5-8,14,17H,2-4,9-11H2,1H3,(H,18,21)(H,19,20). The molecule has 120 valence electrons. The van der Waals surface area contributed by atoms with Crippen LogP contribution < -0.4 is 16.0 Å². The molecule has 3 N–H and O–H groups in total. The van der Waals surface area contributed by atoms with Crippen molar-refractivity contribution in [3.8, 4) is 0 Å². The number of rotatable bonds is 7. The summed E-state index contributed by atoms with van der Waals surface area (Å²) in [7, 11) is 0. The molecule has 0 spiro atoms. The van der Waals surface area contributed by atoms with Crippen molar-refractivity contribution in [3.63, 3.8) is 0 Å². The van der Waals surface area contributed by atoms with Gasteiger partial charge in [0.15, 0.2) is 0 Å². The third kappa shape index (κ3) is 5.13. The zero-order valence-electron chi connectivity index (χ0n) is 12.9. The van der Waals surface area contributed by atoms with Crippen molar-refractivity contribution in [1.82, 2.24) is 10.6 Å². The lowest BCUT2D eigenvalue weighted by atomic mass is 10.2. The molecule has 22 heavy (non-hydrogen) atoms. The SMILES string of the molecule is CCNC(=O)c1ccc(NC(=O)CNCC2CCCO2)cc1. The Bertz CT molecular complexity index is 496. The highest BCUT2D eigenvalue weighted by Gasteiger charge is 2.15. The summed E-state index contributed by atoms with van der Waals surface area (Å²) in [6.07, 6.45) is 2.37. The third-order valence-corrected chi connectivity index (χ3v) is 3.45. The van der Waals surface area contributed by atoms with Gasteiger partial charge in [0.2, 0.25) is 5.91 Å². The molecule has 1 aromatic carbocycles. The van der Waals surface area contributed by atoms with E-state index >= 15 is 0 Å². The van der Waals surface area contributed by atoms with Crippen LogP contribution in [0.15, 0.2) is 24.3 Å². The van der Waals surface area contributed by atoms with E-state index in [0.717, 1.165) is 19.4 Å². The molecule has 1 unspecified atom stereocenters. The van der Waals surface area contributed by atoms with E-state index in [2.05, 4.69) is 16.0 Å². The van der Waals surface area contributed by atoms with E-state index in [1.54, 1.807) is 24.3 Å². The van der Waals surface area contributed by atoms with Crippen LogP contribution >= 0.6 is 0 Å². The summed E-state index contributed by atoms with van der Waals surface area (Å²) in [5, 5.41) is 8.61. The molecule has 2 rings (SSSR count). The Morgan fingerprint density at radius 3 is 2.68 bits per heavy atom. The number of hydrogen-bond acceptors (Lipinski definition) is 4. The number of nitrogens with one attached hydrogen (secondary N) is 3. The molecular weight excluding hydrogens is 282 g/mol. The summed E-state index contributed by atoms with van der Waals surface area (Å²) in [6.45, 7) is 4.22. The minimum Gasteiger partial charge on any atom is -0.377 e. The van der Waals surface area contributed by atoms with Gasteiger partial charge in [0, 0.05) is 30.9 Å². The van der Waals surface area contributed by atoms with Crippen LogP contribution in [0.3, 0.4) is 0 Å². The second-order valence-corrected chi connectivity index (χ2v) is 5.25. The minimum atomic E-state index is -0.112. The molecule has 1 aromatic rings. The molecule has 0 radical (unpaired) electrons. The molecule has 0 bridgehead atoms. The third-order valence-electron chi connectivity index (χ3n) is 3.45. The van der Waals surface area contributed by atoms with E-state index in [9.17, 15) is 9.59 Å². The number of carbonyl (C=O) groups excluding carboxylic acids is 2. The number of anilines is 1. The summed E-state index contributed by atoms with van der Waals surface area (Å²) in [5.74, 6) is -0.220. The van der Waals surface area contributed by atoms with Gasteiger partial charge in [-0.2, -0.15) is 0 Å². The fourth-order valence-electron chi connectivity index (χ4n) is 2.32. The highest BCUT2D eigenvalue weighted by molar-refractivity contribution is 5.96. The van der Waals surface area contributed by atoms with Crippen LogP contribution in [0.1, 0.15) is 30.1 Å². The summed E-state index contributed by atoms with van der Waals surface area (Å²) in [6, 6.07) is 6.84. The Morgan fingerprint density at radius 2 is 2.05 bits per heavy atom. The van der Waals surface area contributed by atoms with E-state index in [-0.39, 0.29) is 24.5 Å². The van der Waals surface area contributed by atoms with Gasteiger partial charge in [-0.3, -0.25) is 9.59 Å². The van der Waals surface area contributed by atoms with Gasteiger partial charge in [0.1, 0.15) is 0 Å². The van der Waals surface area contributed by atoms with Crippen molar-refractivity contribution in [3.05, 3.63) is 29.8 Å². The predicted octanol–water partition coefficient (Wildman–Crippen LogP) is 1.14. The van der Waals surface area contributed by atoms with Crippen LogP contribution in [-0.4, -0.2) is 44.2 Å². The maximum Gasteiger partial charge on any atom is 0.251 e. The van der Waals surface area contributed by atoms with Crippen molar-refractivity contribution in [1.29, 1.82) is 0 Å². The van der Waals surface area contributed by atoms with E-state index in [0.29, 0.717) is 24.3 Å². The van der Waals surface area contributed by atoms with Crippen molar-refractivity contribution in [2.24, 2.45) is 0 Å². The summed E-state index contributed by atoms with van der Waals surface area (Å²) in [4.78, 5) is 23.4. The molecule has 1 aliphatic rings. The lowest BCUT2D eigenvalue weighted by molar-refractivity contribution is -0.115. The molecule has 1 saturated heterocycles. The Hall–Kier alpha value is -1.92. The second-order valence-electron chi connectivity index (χ2n) is 5.25. The van der Waals surface area contributed by atoms with Gasteiger partial charge in [-0.1, -0.05) is 0 Å². The van der Waals surface area contributed by atoms with E-state index in [1.807, 2.05) is 6.92 Å². The predicted molar refractivity (Wildman–Crippen MR) is 84.9 cm³/mol. The largest absolute Gasteiger partial charge is 0.377 e. The van der Waals surface area contributed by atoms with Crippen LogP contribution in [0.2, 0.25) is 0 Å². The molecule has 6 nitrogen and oxygen atoms in total. The van der Waals surface area contributed by atoms with Gasteiger partial charge < -0.3 is 20.7 Å². The molecule has 6 heteroatoms. The smallest absolute Gasteiger partial charge is 0.251 e. The number of ether oxygens (including phenoxy) is 1. The molecular formula is C16H23N3O3. The number of carbonyl (C=O) groups is 2. The minimum absolute atomic E-state index is 0.108. The van der Waals surface area contributed by atoms with Gasteiger partial charge in [-0.15, -0.1) is 0 Å². The van der Waals surface area contributed by atoms with Crippen molar-refractivity contribution in [2.75, 3.05) is 31.6 Å². The fourth-order valence-corrected chi connectivity index (χ4v) is 2.32. The lowest BCUT2D eigenvalue weighted by Crippen LogP contribution is -2.33. The van der Waals surface area contributed by atoms with Gasteiger partial charge in [-0.25, -0.2) is 0 Å². The number of hydrogen-bond donors (Lipinski definition) is 3. The van der Waals surface area contributed by atoms with E-state index in [4.69, 9.17) is 4.74 Å². The Kier molecular flexibility index (Phi) is 6.36. The summed E-state index contributed by atoms with van der Waals surface area (Å²) >= 11 is 0. The maximum atomic E-state index is 11.8. The number of amides is 2. The molecule has 1 fully saturated rings. The Labute approximate surface area is 130 Å². The fraction of sp³-hybridized carbons (Fsp3) is 0.500. The van der Waals surface area contributed by atoms with Crippen molar-refractivity contribution < 1.29 is 14.3 Å². The van der Waals surface area contributed by atoms with Crippen LogP contribution in [-0.2, 0) is 9.53 Å². The monoisotopic (exact) mass is 305 g/mol. The molecule has 2 amide bonds. The lowest BCUT2D eigenvalue weighted by Gasteiger charge is -2.11. The highest BCUT2D eigenvalue weighted by atomic mass is 16.5. The Balaban J connectivity index is 1.72. The average Bonchev–Trinajstić information content (AvgIpc) is 3.01. The van der Waals surface area contributed by atoms with Gasteiger partial charge in [0.25, 0.3) is 5.91 Å². The molecule has 1 atom stereocenters. The first kappa shape index (κ1) is 16.5. The molecule has 0 saturated carbocycles. The first-order valence-electron chi connectivity index (χ1n) is 7.69. The molecule has 1 aliphatic heterocycles. The first-order valence-corrected chi connectivity index (χ1v) is 7.69. The quantitative estimate of drug-likeness (QED) is 0.706. The molecule has 1 heterocycles. The van der Waals surface area contributed by atoms with Gasteiger partial charge in [0.05, 0.1) is 12.6 Å². The molecule has 0 aliphatic carbocycles. The summed E-state index contributed by atoms with van der Waals surface area (Å²) < 4.78 is 5.48. The zero-order valence-corrected chi connectivity index (χ0v) is 12.9. The van der Waals surface area contributed by atoms with Crippen LogP contribution in [0, 0.1) is 0 Å². The zero-order chi connectivity index (χ0) is 15.8. The highest BCUT2D eigenvalue weighted by Crippen LogP contribution is 2.11. The van der Waals surface area contributed by atoms with Crippen LogP contribution in [0.4, 0.5) is 5.69 Å². The van der Waals surface area contributed by atoms with Crippen LogP contribution in [0.25, 0.3) is 0 Å². The van der Waals surface area contributed by atoms with Crippen molar-refractivity contribution in [2.45, 2.75) is 25.9 Å². The Morgan fingerprint density at radius 1 is 1.27 bits per heavy atom. The second kappa shape index (κ2) is 8.51. The van der Waals surface area contributed by atoms with Crippen molar-refractivity contribution >= 4 is 17.5 Å². The maximum absolute atomic E-state index is 11.8. The van der Waals surface area contributed by atoms with Crippen LogP contribution in [0.5, 0.6) is 0 Å². The number of benzene rings is 1. The van der Waals surface area contributed by atoms with Gasteiger partial charge >= 0.3 is 0 Å². The topological polar surface area (TPSA) is 79.5 Å². The summed E-state index contributed by atoms with van der Waals surface area (Å²) in [5.41, 5.74) is 1.26. The average molecular weight is 305 g/mol. The normalized spacial score (nSPS) is 17.2.